The van der Waals surface area contributed by atoms with Crippen molar-refractivity contribution in [3.63, 3.8) is 0 Å². The van der Waals surface area contributed by atoms with Crippen LogP contribution in [-0.2, 0) is 19.1 Å². The summed E-state index contributed by atoms with van der Waals surface area (Å²) in [4.78, 5) is 24.8. The Morgan fingerprint density at radius 2 is 1.27 bits per heavy atom. The molecule has 0 aromatic rings. The highest BCUT2D eigenvalue weighted by molar-refractivity contribution is 14.1. The SMILES string of the molecule is CCOC(=O)C(CCCCI)(CCCC(F)(F)C(F)(F)F)C(=O)OCC. The summed E-state index contributed by atoms with van der Waals surface area (Å²) in [5.74, 6) is -6.77. The number of esters is 2. The van der Waals surface area contributed by atoms with Crippen LogP contribution in [0.4, 0.5) is 22.0 Å². The summed E-state index contributed by atoms with van der Waals surface area (Å²) in [6.45, 7) is 2.92. The Labute approximate surface area is 163 Å². The summed E-state index contributed by atoms with van der Waals surface area (Å²) in [5, 5.41) is 0. The van der Waals surface area contributed by atoms with Gasteiger partial charge in [0.25, 0.3) is 0 Å². The topological polar surface area (TPSA) is 52.6 Å². The molecule has 0 amide bonds. The lowest BCUT2D eigenvalue weighted by Gasteiger charge is -2.30. The van der Waals surface area contributed by atoms with Gasteiger partial charge in [-0.05, 0) is 44.0 Å². The number of carbonyl (C=O) groups excluding carboxylic acids is 2. The van der Waals surface area contributed by atoms with Crippen LogP contribution in [0.15, 0.2) is 0 Å². The Balaban J connectivity index is 5.43. The van der Waals surface area contributed by atoms with E-state index in [1.165, 1.54) is 13.8 Å². The van der Waals surface area contributed by atoms with Gasteiger partial charge in [0.1, 0.15) is 0 Å². The molecule has 0 N–H and O–H groups in total. The summed E-state index contributed by atoms with van der Waals surface area (Å²) >= 11 is 2.10. The van der Waals surface area contributed by atoms with Crippen molar-refractivity contribution >= 4 is 34.5 Å². The lowest BCUT2D eigenvalue weighted by Crippen LogP contribution is -2.43. The molecule has 0 aliphatic carbocycles. The number of rotatable bonds is 12. The third kappa shape index (κ3) is 7.15. The van der Waals surface area contributed by atoms with Crippen LogP contribution in [0.1, 0.15) is 52.4 Å². The zero-order chi connectivity index (χ0) is 20.4. The average Bonchev–Trinajstić information content (AvgIpc) is 2.52. The van der Waals surface area contributed by atoms with Crippen molar-refractivity contribution in [2.75, 3.05) is 17.6 Å². The van der Waals surface area contributed by atoms with Crippen molar-refractivity contribution in [3.8, 4) is 0 Å². The van der Waals surface area contributed by atoms with Crippen molar-refractivity contribution in [3.05, 3.63) is 0 Å². The zero-order valence-electron chi connectivity index (χ0n) is 14.8. The molecular weight excluding hydrogens is 478 g/mol. The van der Waals surface area contributed by atoms with Gasteiger partial charge in [0.05, 0.1) is 13.2 Å². The van der Waals surface area contributed by atoms with Crippen molar-refractivity contribution in [1.29, 1.82) is 0 Å². The number of hydrogen-bond donors (Lipinski definition) is 0. The van der Waals surface area contributed by atoms with Gasteiger partial charge in [0.2, 0.25) is 0 Å². The first kappa shape index (κ1) is 25.3. The molecule has 0 aliphatic rings. The van der Waals surface area contributed by atoms with Crippen LogP contribution < -0.4 is 0 Å². The van der Waals surface area contributed by atoms with Gasteiger partial charge >= 0.3 is 24.0 Å². The molecule has 154 valence electrons. The first-order valence-electron chi connectivity index (χ1n) is 8.33. The maximum atomic E-state index is 13.2. The van der Waals surface area contributed by atoms with Crippen molar-refractivity contribution in [1.82, 2.24) is 0 Å². The summed E-state index contributed by atoms with van der Waals surface area (Å²) in [6, 6.07) is 0. The molecule has 0 bridgehead atoms. The highest BCUT2D eigenvalue weighted by Crippen LogP contribution is 2.42. The van der Waals surface area contributed by atoms with Crippen molar-refractivity contribution in [2.24, 2.45) is 5.41 Å². The molecule has 0 saturated carbocycles. The second-order valence-electron chi connectivity index (χ2n) is 5.72. The third-order valence-electron chi connectivity index (χ3n) is 3.83. The fourth-order valence-electron chi connectivity index (χ4n) is 2.43. The van der Waals surface area contributed by atoms with Gasteiger partial charge in [-0.3, -0.25) is 9.59 Å². The van der Waals surface area contributed by atoms with E-state index >= 15 is 0 Å². The van der Waals surface area contributed by atoms with E-state index in [1.807, 2.05) is 0 Å². The lowest BCUT2D eigenvalue weighted by atomic mass is 9.77. The molecule has 0 spiro atoms. The van der Waals surface area contributed by atoms with Gasteiger partial charge in [-0.25, -0.2) is 0 Å². The highest BCUT2D eigenvalue weighted by atomic mass is 127. The van der Waals surface area contributed by atoms with E-state index in [1.54, 1.807) is 0 Å². The molecule has 0 fully saturated rings. The van der Waals surface area contributed by atoms with Crippen molar-refractivity contribution in [2.45, 2.75) is 64.5 Å². The number of ether oxygens (including phenoxy) is 2. The van der Waals surface area contributed by atoms with Crippen LogP contribution >= 0.6 is 22.6 Å². The predicted molar refractivity (Wildman–Crippen MR) is 93.3 cm³/mol. The summed E-state index contributed by atoms with van der Waals surface area (Å²) in [6.07, 6.45) is -7.30. The smallest absolute Gasteiger partial charge is 0.453 e. The summed E-state index contributed by atoms with van der Waals surface area (Å²) in [5.41, 5.74) is -1.86. The van der Waals surface area contributed by atoms with Crippen LogP contribution in [0.25, 0.3) is 0 Å². The number of alkyl halides is 6. The fourth-order valence-corrected chi connectivity index (χ4v) is 2.97. The van der Waals surface area contributed by atoms with Crippen LogP contribution in [-0.4, -0.2) is 41.7 Å². The minimum absolute atomic E-state index is 0.0226. The molecule has 0 radical (unpaired) electrons. The molecule has 0 heterocycles. The van der Waals surface area contributed by atoms with E-state index in [0.29, 0.717) is 12.8 Å². The van der Waals surface area contributed by atoms with Crippen LogP contribution in [0.3, 0.4) is 0 Å². The molecule has 0 aromatic carbocycles. The highest BCUT2D eigenvalue weighted by Gasteiger charge is 2.57. The maximum Gasteiger partial charge on any atom is 0.453 e. The molecule has 0 aromatic heterocycles. The predicted octanol–water partition coefficient (Wildman–Crippen LogP) is 5.07. The van der Waals surface area contributed by atoms with Gasteiger partial charge in [-0.15, -0.1) is 0 Å². The van der Waals surface area contributed by atoms with Gasteiger partial charge in [0, 0.05) is 6.42 Å². The Kier molecular flexibility index (Phi) is 10.9. The molecular formula is C16H24F5IO4. The van der Waals surface area contributed by atoms with E-state index in [0.717, 1.165) is 4.43 Å². The Morgan fingerprint density at radius 1 is 0.808 bits per heavy atom. The van der Waals surface area contributed by atoms with Gasteiger partial charge < -0.3 is 9.47 Å². The second-order valence-corrected chi connectivity index (χ2v) is 6.80. The maximum absolute atomic E-state index is 13.2. The number of carbonyl (C=O) groups is 2. The quantitative estimate of drug-likeness (QED) is 0.0934. The fraction of sp³-hybridized carbons (Fsp3) is 0.875. The van der Waals surface area contributed by atoms with Gasteiger partial charge in [-0.2, -0.15) is 22.0 Å². The van der Waals surface area contributed by atoms with E-state index in [9.17, 15) is 31.5 Å². The normalized spacial score (nSPS) is 12.8. The third-order valence-corrected chi connectivity index (χ3v) is 4.59. The molecule has 26 heavy (non-hydrogen) atoms. The molecule has 0 aliphatic heterocycles. The Morgan fingerprint density at radius 3 is 1.65 bits per heavy atom. The Hall–Kier alpha value is -0.680. The molecule has 10 heteroatoms. The molecule has 0 atom stereocenters. The van der Waals surface area contributed by atoms with Gasteiger partial charge in [0.15, 0.2) is 5.41 Å². The standard InChI is InChI=1S/C16H24F5IO4/c1-3-25-12(23)14(8-5-6-11-22,13(24)26-4-2)9-7-10-15(17,18)16(19,20)21/h3-11H2,1-2H3. The minimum atomic E-state index is -5.68. The first-order valence-corrected chi connectivity index (χ1v) is 9.86. The van der Waals surface area contributed by atoms with Gasteiger partial charge in [-0.1, -0.05) is 29.0 Å². The molecule has 0 unspecified atom stereocenters. The van der Waals surface area contributed by atoms with E-state index < -0.39 is 48.7 Å². The van der Waals surface area contributed by atoms with Crippen LogP contribution in [0.2, 0.25) is 0 Å². The van der Waals surface area contributed by atoms with Crippen molar-refractivity contribution < 1.29 is 41.0 Å². The van der Waals surface area contributed by atoms with E-state index in [-0.39, 0.29) is 19.6 Å². The van der Waals surface area contributed by atoms with E-state index in [4.69, 9.17) is 9.47 Å². The lowest BCUT2D eigenvalue weighted by molar-refractivity contribution is -0.284. The summed E-state index contributed by atoms with van der Waals surface area (Å²) in [7, 11) is 0. The molecule has 0 saturated heterocycles. The largest absolute Gasteiger partial charge is 0.465 e. The number of unbranched alkanes of at least 4 members (excludes halogenated alkanes) is 1. The van der Waals surface area contributed by atoms with Crippen LogP contribution in [0.5, 0.6) is 0 Å². The average molecular weight is 502 g/mol. The van der Waals surface area contributed by atoms with Crippen LogP contribution in [0, 0.1) is 5.41 Å². The zero-order valence-corrected chi connectivity index (χ0v) is 16.9. The molecule has 4 nitrogen and oxygen atoms in total. The summed E-state index contributed by atoms with van der Waals surface area (Å²) < 4.78 is 73.8. The number of halogens is 6. The second kappa shape index (κ2) is 11.2. The Bertz CT molecular complexity index is 436. The molecule has 0 rings (SSSR count). The minimum Gasteiger partial charge on any atom is -0.465 e. The monoisotopic (exact) mass is 502 g/mol. The van der Waals surface area contributed by atoms with E-state index in [2.05, 4.69) is 22.6 Å². The first-order chi connectivity index (χ1) is 12.0. The number of hydrogen-bond acceptors (Lipinski definition) is 4.